The van der Waals surface area contributed by atoms with Crippen LogP contribution in [-0.2, 0) is 0 Å². The number of aromatic nitrogens is 1. The van der Waals surface area contributed by atoms with E-state index in [1.165, 1.54) is 0 Å². The van der Waals surface area contributed by atoms with E-state index in [0.717, 1.165) is 18.7 Å². The second kappa shape index (κ2) is 6.25. The molecule has 0 aromatic carbocycles. The van der Waals surface area contributed by atoms with Gasteiger partial charge >= 0.3 is 0 Å². The van der Waals surface area contributed by atoms with Crippen LogP contribution in [0.1, 0.15) is 29.8 Å². The summed E-state index contributed by atoms with van der Waals surface area (Å²) in [4.78, 5) is 20.9. The normalized spacial score (nSPS) is 18.0. The van der Waals surface area contributed by atoms with Gasteiger partial charge in [-0.1, -0.05) is 11.8 Å². The summed E-state index contributed by atoms with van der Waals surface area (Å²) < 4.78 is 0. The molecule has 5 nitrogen and oxygen atoms in total. The second-order valence-electron chi connectivity index (χ2n) is 5.93. The maximum Gasteiger partial charge on any atom is 0.255 e. The SMILES string of the molecule is CN1CCN(C(=O)c2cncc(C#CCN)c2)CC1(C)C. The first-order chi connectivity index (χ1) is 9.94. The molecule has 112 valence electrons. The van der Waals surface area contributed by atoms with Gasteiger partial charge in [-0.25, -0.2) is 0 Å². The number of hydrogen-bond donors (Lipinski definition) is 1. The maximum atomic E-state index is 12.6. The molecule has 1 aromatic rings. The predicted octanol–water partition coefficient (Wildman–Crippen LogP) is 0.558. The largest absolute Gasteiger partial charge is 0.335 e. The highest BCUT2D eigenvalue weighted by atomic mass is 16.2. The summed E-state index contributed by atoms with van der Waals surface area (Å²) in [6.45, 7) is 6.91. The molecule has 0 aliphatic carbocycles. The van der Waals surface area contributed by atoms with Crippen LogP contribution in [0.15, 0.2) is 18.5 Å². The van der Waals surface area contributed by atoms with Crippen LogP contribution in [0.25, 0.3) is 0 Å². The molecule has 1 aromatic heterocycles. The summed E-state index contributed by atoms with van der Waals surface area (Å²) in [5, 5.41) is 0. The number of carbonyl (C=O) groups is 1. The van der Waals surface area contributed by atoms with Crippen molar-refractivity contribution < 1.29 is 4.79 Å². The Morgan fingerprint density at radius 2 is 2.19 bits per heavy atom. The fraction of sp³-hybridized carbons (Fsp3) is 0.500. The van der Waals surface area contributed by atoms with Crippen molar-refractivity contribution in [2.24, 2.45) is 5.73 Å². The van der Waals surface area contributed by atoms with Crippen molar-refractivity contribution in [3.05, 3.63) is 29.6 Å². The van der Waals surface area contributed by atoms with E-state index < -0.39 is 0 Å². The Kier molecular flexibility index (Phi) is 4.61. The fourth-order valence-electron chi connectivity index (χ4n) is 2.37. The van der Waals surface area contributed by atoms with Gasteiger partial charge in [-0.05, 0) is 27.0 Å². The van der Waals surface area contributed by atoms with Crippen molar-refractivity contribution in [2.75, 3.05) is 33.2 Å². The van der Waals surface area contributed by atoms with Crippen molar-refractivity contribution in [3.8, 4) is 11.8 Å². The van der Waals surface area contributed by atoms with E-state index in [2.05, 4.69) is 42.6 Å². The molecule has 1 saturated heterocycles. The summed E-state index contributed by atoms with van der Waals surface area (Å²) in [5.74, 6) is 5.70. The van der Waals surface area contributed by atoms with Crippen LogP contribution < -0.4 is 5.73 Å². The molecule has 1 amide bonds. The third-order valence-corrected chi connectivity index (χ3v) is 3.92. The van der Waals surface area contributed by atoms with Crippen LogP contribution in [0.3, 0.4) is 0 Å². The molecule has 0 unspecified atom stereocenters. The molecule has 2 N–H and O–H groups in total. The van der Waals surface area contributed by atoms with E-state index in [1.807, 2.05) is 4.90 Å². The summed E-state index contributed by atoms with van der Waals surface area (Å²) in [6, 6.07) is 1.78. The summed E-state index contributed by atoms with van der Waals surface area (Å²) >= 11 is 0. The highest BCUT2D eigenvalue weighted by Gasteiger charge is 2.33. The third-order valence-electron chi connectivity index (χ3n) is 3.92. The minimum atomic E-state index is -0.0156. The average molecular weight is 286 g/mol. The van der Waals surface area contributed by atoms with Crippen LogP contribution >= 0.6 is 0 Å². The van der Waals surface area contributed by atoms with Gasteiger partial charge in [0, 0.05) is 43.1 Å². The van der Waals surface area contributed by atoms with Crippen LogP contribution in [0, 0.1) is 11.8 Å². The van der Waals surface area contributed by atoms with Crippen LogP contribution in [0.2, 0.25) is 0 Å². The zero-order valence-electron chi connectivity index (χ0n) is 12.9. The van der Waals surface area contributed by atoms with Crippen molar-refractivity contribution in [2.45, 2.75) is 19.4 Å². The Bertz CT molecular complexity index is 585. The van der Waals surface area contributed by atoms with Gasteiger partial charge in [0.25, 0.3) is 5.91 Å². The quantitative estimate of drug-likeness (QED) is 0.766. The molecule has 2 heterocycles. The first-order valence-corrected chi connectivity index (χ1v) is 7.08. The molecule has 1 aliphatic heterocycles. The zero-order valence-corrected chi connectivity index (χ0v) is 12.9. The molecule has 0 radical (unpaired) electrons. The monoisotopic (exact) mass is 286 g/mol. The lowest BCUT2D eigenvalue weighted by atomic mass is 9.99. The molecule has 21 heavy (non-hydrogen) atoms. The lowest BCUT2D eigenvalue weighted by Crippen LogP contribution is -2.58. The number of likely N-dealkylation sites (N-methyl/N-ethyl adjacent to an activating group) is 1. The number of piperazine rings is 1. The van der Waals surface area contributed by atoms with Crippen LogP contribution in [0.5, 0.6) is 0 Å². The van der Waals surface area contributed by atoms with Gasteiger partial charge in [0.1, 0.15) is 0 Å². The van der Waals surface area contributed by atoms with E-state index in [4.69, 9.17) is 5.73 Å². The highest BCUT2D eigenvalue weighted by molar-refractivity contribution is 5.94. The Hall–Kier alpha value is -1.90. The summed E-state index contributed by atoms with van der Waals surface area (Å²) in [5.41, 5.74) is 6.65. The molecule has 0 atom stereocenters. The van der Waals surface area contributed by atoms with Crippen molar-refractivity contribution in [1.29, 1.82) is 0 Å². The van der Waals surface area contributed by atoms with E-state index in [1.54, 1.807) is 18.5 Å². The molecule has 1 fully saturated rings. The van der Waals surface area contributed by atoms with Gasteiger partial charge in [0.05, 0.1) is 12.1 Å². The van der Waals surface area contributed by atoms with Crippen molar-refractivity contribution >= 4 is 5.91 Å². The lowest BCUT2D eigenvalue weighted by Gasteiger charge is -2.45. The predicted molar refractivity (Wildman–Crippen MR) is 82.8 cm³/mol. The molecular formula is C16H22N4O. The topological polar surface area (TPSA) is 62.5 Å². The van der Waals surface area contributed by atoms with E-state index >= 15 is 0 Å². The second-order valence-corrected chi connectivity index (χ2v) is 5.93. The molecule has 0 spiro atoms. The Morgan fingerprint density at radius 3 is 2.86 bits per heavy atom. The van der Waals surface area contributed by atoms with Crippen LogP contribution in [0.4, 0.5) is 0 Å². The minimum Gasteiger partial charge on any atom is -0.335 e. The zero-order chi connectivity index (χ0) is 15.5. The molecule has 1 aliphatic rings. The first-order valence-electron chi connectivity index (χ1n) is 7.08. The Labute approximate surface area is 126 Å². The molecule has 0 bridgehead atoms. The summed E-state index contributed by atoms with van der Waals surface area (Å²) in [7, 11) is 2.09. The molecule has 5 heteroatoms. The van der Waals surface area contributed by atoms with Gasteiger partial charge in [0.2, 0.25) is 0 Å². The number of rotatable bonds is 1. The summed E-state index contributed by atoms with van der Waals surface area (Å²) in [6.07, 6.45) is 3.24. The molecule has 2 rings (SSSR count). The smallest absolute Gasteiger partial charge is 0.255 e. The number of amides is 1. The van der Waals surface area contributed by atoms with Crippen molar-refractivity contribution in [1.82, 2.24) is 14.8 Å². The van der Waals surface area contributed by atoms with E-state index in [0.29, 0.717) is 18.7 Å². The van der Waals surface area contributed by atoms with Crippen LogP contribution in [-0.4, -0.2) is 59.5 Å². The molecular weight excluding hydrogens is 264 g/mol. The van der Waals surface area contributed by atoms with Crippen molar-refractivity contribution in [3.63, 3.8) is 0 Å². The van der Waals surface area contributed by atoms with Gasteiger partial charge in [-0.2, -0.15) is 0 Å². The van der Waals surface area contributed by atoms with Gasteiger partial charge in [0.15, 0.2) is 0 Å². The number of pyridine rings is 1. The van der Waals surface area contributed by atoms with E-state index in [9.17, 15) is 4.79 Å². The number of nitrogens with two attached hydrogens (primary N) is 1. The van der Waals surface area contributed by atoms with E-state index in [-0.39, 0.29) is 11.4 Å². The number of carbonyl (C=O) groups excluding carboxylic acids is 1. The minimum absolute atomic E-state index is 0.0140. The first kappa shape index (κ1) is 15.5. The fourth-order valence-corrected chi connectivity index (χ4v) is 2.37. The van der Waals surface area contributed by atoms with Gasteiger partial charge in [-0.15, -0.1) is 0 Å². The lowest BCUT2D eigenvalue weighted by molar-refractivity contribution is 0.0311. The Morgan fingerprint density at radius 1 is 1.43 bits per heavy atom. The van der Waals surface area contributed by atoms with Gasteiger partial charge in [-0.3, -0.25) is 14.7 Å². The number of hydrogen-bond acceptors (Lipinski definition) is 4. The molecule has 0 saturated carbocycles. The standard InChI is InChI=1S/C16H22N4O/c1-16(2)12-20(8-7-19(16)3)15(21)14-9-13(5-4-6-17)10-18-11-14/h9-11H,6-8,12,17H2,1-3H3. The highest BCUT2D eigenvalue weighted by Crippen LogP contribution is 2.20. The Balaban J connectivity index is 2.17. The third kappa shape index (κ3) is 3.60. The van der Waals surface area contributed by atoms with Gasteiger partial charge < -0.3 is 10.6 Å². The maximum absolute atomic E-state index is 12.6. The average Bonchev–Trinajstić information content (AvgIpc) is 2.47. The number of nitrogens with zero attached hydrogens (tertiary/aromatic N) is 3.